The van der Waals surface area contributed by atoms with E-state index in [0.717, 1.165) is 19.3 Å². The van der Waals surface area contributed by atoms with Crippen LogP contribution in [0.25, 0.3) is 0 Å². The number of amides is 2. The molecule has 4 nitrogen and oxygen atoms in total. The van der Waals surface area contributed by atoms with Crippen molar-refractivity contribution in [3.8, 4) is 0 Å². The molecule has 1 saturated heterocycles. The Labute approximate surface area is 128 Å². The highest BCUT2D eigenvalue weighted by atomic mass is 16.2. The summed E-state index contributed by atoms with van der Waals surface area (Å²) in [7, 11) is 0. The third-order valence-electron chi connectivity index (χ3n) is 4.55. The van der Waals surface area contributed by atoms with Crippen LogP contribution >= 0.6 is 0 Å². The van der Waals surface area contributed by atoms with Crippen molar-refractivity contribution in [2.24, 2.45) is 11.8 Å². The van der Waals surface area contributed by atoms with Gasteiger partial charge in [-0.15, -0.1) is 0 Å². The summed E-state index contributed by atoms with van der Waals surface area (Å²) in [6, 6.07) is -0.333. The van der Waals surface area contributed by atoms with Crippen LogP contribution in [0.3, 0.4) is 0 Å². The highest BCUT2D eigenvalue weighted by molar-refractivity contribution is 6.00. The van der Waals surface area contributed by atoms with E-state index in [4.69, 9.17) is 0 Å². The first-order chi connectivity index (χ1) is 9.75. The topological polar surface area (TPSA) is 49.4 Å². The maximum atomic E-state index is 13.0. The molecule has 4 heteroatoms. The monoisotopic (exact) mass is 292 g/mol. The molecule has 1 heterocycles. The van der Waals surface area contributed by atoms with Crippen molar-refractivity contribution < 1.29 is 9.59 Å². The average Bonchev–Trinajstić information content (AvgIpc) is 3.19. The molecule has 1 aliphatic carbocycles. The predicted octanol–water partition coefficient (Wildman–Crippen LogP) is 2.49. The average molecular weight is 292 g/mol. The number of piperazine rings is 1. The van der Waals surface area contributed by atoms with Crippen LogP contribution < -0.4 is 5.32 Å². The Kier molecular flexibility index (Phi) is 4.45. The molecule has 0 aromatic carbocycles. The van der Waals surface area contributed by atoms with Gasteiger partial charge in [0.1, 0.15) is 11.6 Å². The fourth-order valence-electron chi connectivity index (χ4n) is 3.08. The van der Waals surface area contributed by atoms with Gasteiger partial charge in [-0.1, -0.05) is 25.5 Å². The van der Waals surface area contributed by atoms with Crippen LogP contribution in [0, 0.1) is 11.8 Å². The van der Waals surface area contributed by atoms with Crippen LogP contribution in [0.1, 0.15) is 53.9 Å². The number of allylic oxidation sites excluding steroid dienone is 1. The molecule has 2 rings (SSSR count). The van der Waals surface area contributed by atoms with E-state index in [2.05, 4.69) is 19.2 Å². The van der Waals surface area contributed by atoms with E-state index in [1.54, 1.807) is 4.90 Å². The van der Waals surface area contributed by atoms with Gasteiger partial charge in [-0.3, -0.25) is 9.59 Å². The van der Waals surface area contributed by atoms with Crippen molar-refractivity contribution in [2.45, 2.75) is 65.5 Å². The summed E-state index contributed by atoms with van der Waals surface area (Å²) in [4.78, 5) is 27.3. The van der Waals surface area contributed by atoms with Crippen LogP contribution in [-0.2, 0) is 9.59 Å². The number of nitrogens with zero attached hydrogens (tertiary/aromatic N) is 1. The minimum absolute atomic E-state index is 0.0138. The van der Waals surface area contributed by atoms with Crippen molar-refractivity contribution in [3.05, 3.63) is 11.6 Å². The molecule has 0 aromatic rings. The Hall–Kier alpha value is -1.32. The molecule has 1 saturated carbocycles. The normalized spacial score (nSPS) is 29.6. The molecule has 1 aliphatic heterocycles. The lowest BCUT2D eigenvalue weighted by molar-refractivity contribution is -0.155. The number of hydrogen-bond donors (Lipinski definition) is 1. The summed E-state index contributed by atoms with van der Waals surface area (Å²) in [5, 5.41) is 3.03. The summed E-state index contributed by atoms with van der Waals surface area (Å²) in [6.07, 6.45) is 4.83. The van der Waals surface area contributed by atoms with Gasteiger partial charge in [0, 0.05) is 6.54 Å². The second kappa shape index (κ2) is 5.82. The lowest BCUT2D eigenvalue weighted by Gasteiger charge is -2.45. The van der Waals surface area contributed by atoms with E-state index in [-0.39, 0.29) is 17.9 Å². The third-order valence-corrected chi connectivity index (χ3v) is 4.55. The van der Waals surface area contributed by atoms with Gasteiger partial charge in [-0.2, -0.15) is 0 Å². The maximum absolute atomic E-state index is 13.0. The van der Waals surface area contributed by atoms with Gasteiger partial charge in [-0.05, 0) is 51.9 Å². The highest BCUT2D eigenvalue weighted by Gasteiger charge is 2.55. The number of rotatable bonds is 5. The van der Waals surface area contributed by atoms with Crippen LogP contribution in [0.2, 0.25) is 0 Å². The fraction of sp³-hybridized carbons (Fsp3) is 0.765. The lowest BCUT2D eigenvalue weighted by Crippen LogP contribution is -2.70. The van der Waals surface area contributed by atoms with Crippen LogP contribution in [0.5, 0.6) is 0 Å². The molecule has 0 aromatic heterocycles. The van der Waals surface area contributed by atoms with Gasteiger partial charge in [0.2, 0.25) is 11.8 Å². The van der Waals surface area contributed by atoms with Gasteiger partial charge in [0.25, 0.3) is 0 Å². The molecular weight excluding hydrogens is 264 g/mol. The van der Waals surface area contributed by atoms with Crippen molar-refractivity contribution in [3.63, 3.8) is 0 Å². The van der Waals surface area contributed by atoms with Crippen LogP contribution in [0.15, 0.2) is 11.6 Å². The largest absolute Gasteiger partial charge is 0.340 e. The quantitative estimate of drug-likeness (QED) is 0.792. The molecule has 21 heavy (non-hydrogen) atoms. The Morgan fingerprint density at radius 1 is 1.38 bits per heavy atom. The zero-order valence-corrected chi connectivity index (χ0v) is 13.9. The van der Waals surface area contributed by atoms with Gasteiger partial charge in [0.05, 0.1) is 0 Å². The van der Waals surface area contributed by atoms with E-state index in [9.17, 15) is 9.59 Å². The van der Waals surface area contributed by atoms with E-state index in [0.29, 0.717) is 18.4 Å². The number of hydrogen-bond acceptors (Lipinski definition) is 2. The second-order valence-corrected chi connectivity index (χ2v) is 7.35. The zero-order valence-electron chi connectivity index (χ0n) is 13.9. The first-order valence-corrected chi connectivity index (χ1v) is 8.02. The molecule has 118 valence electrons. The summed E-state index contributed by atoms with van der Waals surface area (Å²) in [5.74, 6) is 0.795. The van der Waals surface area contributed by atoms with Crippen molar-refractivity contribution in [2.75, 3.05) is 6.54 Å². The molecule has 0 radical (unpaired) electrons. The summed E-state index contributed by atoms with van der Waals surface area (Å²) in [5.41, 5.74) is 0.477. The van der Waals surface area contributed by atoms with E-state index >= 15 is 0 Å². The van der Waals surface area contributed by atoms with Gasteiger partial charge in [-0.25, -0.2) is 0 Å². The molecule has 0 spiro atoms. The Morgan fingerprint density at radius 3 is 2.48 bits per heavy atom. The fourth-order valence-corrected chi connectivity index (χ4v) is 3.08. The van der Waals surface area contributed by atoms with Gasteiger partial charge >= 0.3 is 0 Å². The Morgan fingerprint density at radius 2 is 2.00 bits per heavy atom. The van der Waals surface area contributed by atoms with Crippen molar-refractivity contribution in [1.82, 2.24) is 10.2 Å². The lowest BCUT2D eigenvalue weighted by atomic mass is 9.87. The maximum Gasteiger partial charge on any atom is 0.249 e. The minimum atomic E-state index is -0.694. The SMILES string of the molecule is CC(C)=CCN1C(=O)C(C)(C2CC2)NC(=O)C1CC(C)C. The molecule has 2 aliphatic rings. The van der Waals surface area contributed by atoms with Crippen molar-refractivity contribution in [1.29, 1.82) is 0 Å². The molecule has 1 N–H and O–H groups in total. The smallest absolute Gasteiger partial charge is 0.249 e. The number of carbonyl (C=O) groups excluding carboxylic acids is 2. The van der Waals surface area contributed by atoms with Gasteiger partial charge in [0.15, 0.2) is 0 Å². The van der Waals surface area contributed by atoms with Crippen LogP contribution in [0.4, 0.5) is 0 Å². The van der Waals surface area contributed by atoms with Gasteiger partial charge < -0.3 is 10.2 Å². The first kappa shape index (κ1) is 16.1. The molecule has 2 atom stereocenters. The minimum Gasteiger partial charge on any atom is -0.340 e. The Bertz CT molecular complexity index is 461. The summed E-state index contributed by atoms with van der Waals surface area (Å²) < 4.78 is 0. The molecule has 2 fully saturated rings. The number of carbonyl (C=O) groups is 2. The van der Waals surface area contributed by atoms with E-state index in [1.165, 1.54) is 5.57 Å². The standard InChI is InChI=1S/C17H28N2O2/c1-11(2)8-9-19-14(10-12(3)4)15(20)18-17(5,16(19)21)13-6-7-13/h8,12-14H,6-7,9-10H2,1-5H3,(H,18,20). The summed E-state index contributed by atoms with van der Waals surface area (Å²) in [6.45, 7) is 10.6. The first-order valence-electron chi connectivity index (χ1n) is 8.02. The molecule has 2 amide bonds. The van der Waals surface area contributed by atoms with Crippen LogP contribution in [-0.4, -0.2) is 34.8 Å². The number of nitrogens with one attached hydrogen (secondary N) is 1. The second-order valence-electron chi connectivity index (χ2n) is 7.35. The molecule has 2 unspecified atom stereocenters. The Balaban J connectivity index is 2.27. The van der Waals surface area contributed by atoms with E-state index in [1.807, 2.05) is 26.8 Å². The van der Waals surface area contributed by atoms with E-state index < -0.39 is 5.54 Å². The highest BCUT2D eigenvalue weighted by Crippen LogP contribution is 2.42. The molecular formula is C17H28N2O2. The third kappa shape index (κ3) is 3.30. The summed E-state index contributed by atoms with van der Waals surface area (Å²) >= 11 is 0. The molecule has 0 bridgehead atoms. The predicted molar refractivity (Wildman–Crippen MR) is 83.7 cm³/mol. The zero-order chi connectivity index (χ0) is 15.8. The van der Waals surface area contributed by atoms with Crippen molar-refractivity contribution >= 4 is 11.8 Å².